The second kappa shape index (κ2) is 12.1. The average Bonchev–Trinajstić information content (AvgIpc) is 2.93. The van der Waals surface area contributed by atoms with Crippen LogP contribution in [0.1, 0.15) is 28.4 Å². The van der Waals surface area contributed by atoms with E-state index in [1.165, 1.54) is 6.08 Å². The molecule has 2 amide bonds. The maximum absolute atomic E-state index is 12.8. The van der Waals surface area contributed by atoms with Crippen LogP contribution in [0.2, 0.25) is 0 Å². The Bertz CT molecular complexity index is 1600. The zero-order chi connectivity index (χ0) is 27.9. The highest BCUT2D eigenvalue weighted by atomic mass is 31.0. The van der Waals surface area contributed by atoms with Crippen LogP contribution in [0, 0.1) is 0 Å². The predicted molar refractivity (Wildman–Crippen MR) is 164 cm³/mol. The van der Waals surface area contributed by atoms with Gasteiger partial charge in [0.15, 0.2) is 0 Å². The Balaban J connectivity index is 1.69. The number of hydrogen-bond acceptors (Lipinski definition) is 5. The summed E-state index contributed by atoms with van der Waals surface area (Å²) in [4.78, 5) is 33.3. The van der Waals surface area contributed by atoms with Gasteiger partial charge in [-0.05, 0) is 89.1 Å². The normalized spacial score (nSPS) is 14.8. The average molecular weight is 534 g/mol. The zero-order valence-corrected chi connectivity index (χ0v) is 22.6. The third-order valence-electron chi connectivity index (χ3n) is 5.84. The molecule has 1 unspecified atom stereocenters. The largest absolute Gasteiger partial charge is 0.384 e. The number of carbonyl (C=O) groups excluding carboxylic acids is 2. The summed E-state index contributed by atoms with van der Waals surface area (Å²) in [7, 11) is 2.58. The van der Waals surface area contributed by atoms with Gasteiger partial charge in [-0.15, -0.1) is 9.24 Å². The molecule has 1 aliphatic carbocycles. The molecule has 1 atom stereocenters. The standard InChI is InChI=1S/C31H28N5O2P/c1-4-20-15-24(21-9-11-22(12-10-21)31(38)36-28-18-26(39)13-14-33-28)17-27(30(20)34-19(3)32)23-7-6-8-25(16-23)35-29(37)5-2/h4-18H,2-3,32,39H2,1H3,(H,35,37)(H,33,36,38)/b20-4-,34-30+. The first-order chi connectivity index (χ1) is 18.8. The first kappa shape index (κ1) is 27.2. The van der Waals surface area contributed by atoms with Crippen LogP contribution in [0.25, 0.3) is 11.1 Å². The third kappa shape index (κ3) is 6.72. The molecule has 3 aromatic rings. The number of allylic oxidation sites excluding steroid dienone is 6. The summed E-state index contributed by atoms with van der Waals surface area (Å²) in [5.74, 6) is 0.115. The van der Waals surface area contributed by atoms with E-state index in [4.69, 9.17) is 5.73 Å². The minimum Gasteiger partial charge on any atom is -0.384 e. The first-order valence-electron chi connectivity index (χ1n) is 12.1. The molecule has 39 heavy (non-hydrogen) atoms. The maximum atomic E-state index is 12.8. The Labute approximate surface area is 229 Å². The number of nitrogens with zero attached hydrogens (tertiary/aromatic N) is 2. The molecule has 0 radical (unpaired) electrons. The number of pyridine rings is 1. The lowest BCUT2D eigenvalue weighted by Gasteiger charge is -2.20. The lowest BCUT2D eigenvalue weighted by atomic mass is 9.85. The van der Waals surface area contributed by atoms with Crippen molar-refractivity contribution < 1.29 is 9.59 Å². The number of anilines is 2. The van der Waals surface area contributed by atoms with E-state index in [9.17, 15) is 9.59 Å². The van der Waals surface area contributed by atoms with E-state index in [2.05, 4.69) is 43.0 Å². The van der Waals surface area contributed by atoms with Gasteiger partial charge in [0.2, 0.25) is 5.91 Å². The molecule has 1 aliphatic rings. The summed E-state index contributed by atoms with van der Waals surface area (Å²) in [5, 5.41) is 6.54. The highest BCUT2D eigenvalue weighted by Gasteiger charge is 2.20. The van der Waals surface area contributed by atoms with Gasteiger partial charge in [0.1, 0.15) is 11.6 Å². The maximum Gasteiger partial charge on any atom is 0.256 e. The van der Waals surface area contributed by atoms with Crippen molar-refractivity contribution in [3.8, 4) is 0 Å². The molecule has 2 aromatic carbocycles. The van der Waals surface area contributed by atoms with Gasteiger partial charge in [-0.2, -0.15) is 0 Å². The van der Waals surface area contributed by atoms with E-state index < -0.39 is 0 Å². The number of aliphatic imine (C=N–C) groups is 1. The molecule has 0 aliphatic heterocycles. The summed E-state index contributed by atoms with van der Waals surface area (Å²) >= 11 is 0. The Morgan fingerprint density at radius 1 is 1.03 bits per heavy atom. The number of carbonyl (C=O) groups is 2. The van der Waals surface area contributed by atoms with Crippen LogP contribution in [0.3, 0.4) is 0 Å². The molecule has 8 heteroatoms. The molecule has 1 heterocycles. The summed E-state index contributed by atoms with van der Waals surface area (Å²) in [6, 6.07) is 18.4. The SMILES string of the molecule is C=CC(=O)Nc1cccc(C2=CC(c3ccc(C(=O)Nc4cc(P)ccn4)cc3)=CC(=C/C)/C2=N\C(=C)N)c1. The van der Waals surface area contributed by atoms with Crippen LogP contribution in [-0.2, 0) is 4.79 Å². The number of rotatable bonds is 7. The van der Waals surface area contributed by atoms with Crippen LogP contribution in [0.4, 0.5) is 11.5 Å². The van der Waals surface area contributed by atoms with Crippen molar-refractivity contribution >= 4 is 54.7 Å². The highest BCUT2D eigenvalue weighted by Crippen LogP contribution is 2.34. The molecule has 4 rings (SSSR count). The Hall–Kier alpha value is -4.87. The van der Waals surface area contributed by atoms with Crippen LogP contribution >= 0.6 is 9.24 Å². The molecule has 0 saturated carbocycles. The van der Waals surface area contributed by atoms with Crippen LogP contribution in [0.5, 0.6) is 0 Å². The third-order valence-corrected chi connectivity index (χ3v) is 6.20. The van der Waals surface area contributed by atoms with E-state index >= 15 is 0 Å². The summed E-state index contributed by atoms with van der Waals surface area (Å²) in [5.41, 5.74) is 12.0. The van der Waals surface area contributed by atoms with E-state index in [0.29, 0.717) is 22.8 Å². The molecular weight excluding hydrogens is 505 g/mol. The molecule has 1 aromatic heterocycles. The summed E-state index contributed by atoms with van der Waals surface area (Å²) < 4.78 is 0. The highest BCUT2D eigenvalue weighted by molar-refractivity contribution is 7.27. The monoisotopic (exact) mass is 533 g/mol. The second-order valence-corrected chi connectivity index (χ2v) is 9.30. The van der Waals surface area contributed by atoms with Gasteiger partial charge in [-0.3, -0.25) is 9.59 Å². The van der Waals surface area contributed by atoms with E-state index in [-0.39, 0.29) is 17.6 Å². The smallest absolute Gasteiger partial charge is 0.256 e. The fourth-order valence-electron chi connectivity index (χ4n) is 4.01. The number of aromatic nitrogens is 1. The van der Waals surface area contributed by atoms with Crippen molar-refractivity contribution in [2.24, 2.45) is 10.7 Å². The van der Waals surface area contributed by atoms with Crippen molar-refractivity contribution in [1.82, 2.24) is 4.98 Å². The van der Waals surface area contributed by atoms with Crippen molar-refractivity contribution in [3.05, 3.63) is 132 Å². The summed E-state index contributed by atoms with van der Waals surface area (Å²) in [6.45, 7) is 9.19. The van der Waals surface area contributed by atoms with Crippen molar-refractivity contribution in [1.29, 1.82) is 0 Å². The number of nitrogens with one attached hydrogen (secondary N) is 2. The van der Waals surface area contributed by atoms with Gasteiger partial charge < -0.3 is 16.4 Å². The van der Waals surface area contributed by atoms with Crippen molar-refractivity contribution in [2.45, 2.75) is 6.92 Å². The molecule has 4 N–H and O–H groups in total. The first-order valence-corrected chi connectivity index (χ1v) is 12.7. The molecule has 0 fully saturated rings. The second-order valence-electron chi connectivity index (χ2n) is 8.63. The van der Waals surface area contributed by atoms with Crippen LogP contribution < -0.4 is 21.7 Å². The molecular formula is C31H28N5O2P. The molecule has 0 saturated heterocycles. The predicted octanol–water partition coefficient (Wildman–Crippen LogP) is 5.26. The topological polar surface area (TPSA) is 109 Å². The number of nitrogens with two attached hydrogens (primary N) is 1. The van der Waals surface area contributed by atoms with Crippen molar-refractivity contribution in [3.63, 3.8) is 0 Å². The number of benzene rings is 2. The quantitative estimate of drug-likeness (QED) is 0.284. The minimum absolute atomic E-state index is 0.181. The Morgan fingerprint density at radius 3 is 2.46 bits per heavy atom. The molecule has 194 valence electrons. The van der Waals surface area contributed by atoms with E-state index in [1.54, 1.807) is 30.5 Å². The fraction of sp³-hybridized carbons (Fsp3) is 0.0323. The van der Waals surface area contributed by atoms with Gasteiger partial charge >= 0.3 is 0 Å². The van der Waals surface area contributed by atoms with Gasteiger partial charge in [0.05, 0.1) is 5.71 Å². The van der Waals surface area contributed by atoms with Gasteiger partial charge in [-0.1, -0.05) is 43.5 Å². The number of hydrogen-bond donors (Lipinski definition) is 3. The lowest BCUT2D eigenvalue weighted by Crippen LogP contribution is -2.14. The Morgan fingerprint density at radius 2 is 1.79 bits per heavy atom. The zero-order valence-electron chi connectivity index (χ0n) is 21.4. The fourth-order valence-corrected chi connectivity index (χ4v) is 4.25. The minimum atomic E-state index is -0.301. The van der Waals surface area contributed by atoms with Crippen LogP contribution in [-0.4, -0.2) is 22.5 Å². The molecule has 0 spiro atoms. The van der Waals surface area contributed by atoms with Crippen LogP contribution in [0.15, 0.2) is 121 Å². The number of amides is 2. The van der Waals surface area contributed by atoms with Gasteiger partial charge in [0, 0.05) is 23.0 Å². The van der Waals surface area contributed by atoms with E-state index in [0.717, 1.165) is 33.2 Å². The van der Waals surface area contributed by atoms with Crippen molar-refractivity contribution in [2.75, 3.05) is 10.6 Å². The lowest BCUT2D eigenvalue weighted by molar-refractivity contribution is -0.111. The summed E-state index contributed by atoms with van der Waals surface area (Å²) in [6.07, 6.45) is 8.83. The van der Waals surface area contributed by atoms with Gasteiger partial charge in [-0.25, -0.2) is 9.98 Å². The molecule has 7 nitrogen and oxygen atoms in total. The van der Waals surface area contributed by atoms with E-state index in [1.807, 2.05) is 61.5 Å². The Kier molecular flexibility index (Phi) is 8.44. The van der Waals surface area contributed by atoms with Gasteiger partial charge in [0.25, 0.3) is 5.91 Å². The molecule has 0 bridgehead atoms.